The number of thioether (sulfide) groups is 1. The van der Waals surface area contributed by atoms with Gasteiger partial charge in [-0.15, -0.1) is 0 Å². The van der Waals surface area contributed by atoms with Crippen molar-refractivity contribution in [3.8, 4) is 11.5 Å². The molecule has 0 unspecified atom stereocenters. The molecular formula is C21H17F3N2O5S. The summed E-state index contributed by atoms with van der Waals surface area (Å²) in [6.07, 6.45) is 1.45. The molecule has 3 amide bonds. The van der Waals surface area contributed by atoms with Crippen LogP contribution in [0.15, 0.2) is 35.2 Å². The van der Waals surface area contributed by atoms with Crippen molar-refractivity contribution in [2.24, 2.45) is 0 Å². The Morgan fingerprint density at radius 2 is 1.88 bits per heavy atom. The first kappa shape index (κ1) is 23.2. The Morgan fingerprint density at radius 1 is 1.12 bits per heavy atom. The largest absolute Gasteiger partial charge is 0.493 e. The van der Waals surface area contributed by atoms with Gasteiger partial charge >= 0.3 is 0 Å². The average molecular weight is 466 g/mol. The van der Waals surface area contributed by atoms with Crippen LogP contribution in [0.1, 0.15) is 12.5 Å². The highest BCUT2D eigenvalue weighted by Crippen LogP contribution is 2.34. The topological polar surface area (TPSA) is 84.9 Å². The molecule has 0 atom stereocenters. The molecule has 0 aliphatic carbocycles. The fraction of sp³-hybridized carbons (Fsp3) is 0.190. The zero-order valence-corrected chi connectivity index (χ0v) is 17.7. The van der Waals surface area contributed by atoms with Gasteiger partial charge in [0.15, 0.2) is 29.0 Å². The van der Waals surface area contributed by atoms with Crippen LogP contribution in [0, 0.1) is 17.5 Å². The molecule has 1 N–H and O–H groups in total. The monoisotopic (exact) mass is 466 g/mol. The summed E-state index contributed by atoms with van der Waals surface area (Å²) in [6.45, 7) is 1.53. The molecule has 1 aliphatic rings. The number of carbonyl (C=O) groups is 3. The second-order valence-corrected chi connectivity index (χ2v) is 7.38. The smallest absolute Gasteiger partial charge is 0.294 e. The minimum Gasteiger partial charge on any atom is -0.493 e. The maximum absolute atomic E-state index is 13.7. The van der Waals surface area contributed by atoms with Crippen LogP contribution >= 0.6 is 11.8 Å². The third-order valence-corrected chi connectivity index (χ3v) is 5.18. The molecule has 1 aliphatic heterocycles. The lowest BCUT2D eigenvalue weighted by atomic mass is 10.2. The van der Waals surface area contributed by atoms with E-state index in [0.29, 0.717) is 46.4 Å². The van der Waals surface area contributed by atoms with Gasteiger partial charge in [0.25, 0.3) is 11.1 Å². The average Bonchev–Trinajstić information content (AvgIpc) is 3.02. The van der Waals surface area contributed by atoms with Crippen LogP contribution in [0.5, 0.6) is 11.5 Å². The lowest BCUT2D eigenvalue weighted by molar-refractivity contribution is -0.127. The molecule has 0 bridgehead atoms. The summed E-state index contributed by atoms with van der Waals surface area (Å²) >= 11 is 0.623. The highest BCUT2D eigenvalue weighted by molar-refractivity contribution is 8.18. The molecule has 0 spiro atoms. The predicted molar refractivity (Wildman–Crippen MR) is 112 cm³/mol. The molecule has 0 aromatic heterocycles. The fourth-order valence-electron chi connectivity index (χ4n) is 2.79. The summed E-state index contributed by atoms with van der Waals surface area (Å²) in [4.78, 5) is 37.7. The van der Waals surface area contributed by atoms with Crippen molar-refractivity contribution < 1.29 is 37.0 Å². The van der Waals surface area contributed by atoms with Crippen LogP contribution in [0.25, 0.3) is 6.08 Å². The number of halogens is 3. The molecule has 0 radical (unpaired) electrons. The minimum atomic E-state index is -1.75. The van der Waals surface area contributed by atoms with Crippen LogP contribution in [0.3, 0.4) is 0 Å². The highest BCUT2D eigenvalue weighted by atomic mass is 32.2. The predicted octanol–water partition coefficient (Wildman–Crippen LogP) is 4.19. The number of imide groups is 1. The third-order valence-electron chi connectivity index (χ3n) is 4.27. The number of benzene rings is 2. The van der Waals surface area contributed by atoms with Crippen LogP contribution < -0.4 is 14.8 Å². The Morgan fingerprint density at radius 3 is 2.56 bits per heavy atom. The van der Waals surface area contributed by atoms with Crippen molar-refractivity contribution in [2.45, 2.75) is 6.92 Å². The summed E-state index contributed by atoms with van der Waals surface area (Å²) < 4.78 is 50.7. The van der Waals surface area contributed by atoms with E-state index in [4.69, 9.17) is 9.47 Å². The van der Waals surface area contributed by atoms with Crippen LogP contribution in [-0.2, 0) is 9.59 Å². The van der Waals surface area contributed by atoms with Crippen molar-refractivity contribution in [3.05, 3.63) is 58.3 Å². The Balaban J connectivity index is 1.73. The maximum atomic E-state index is 13.7. The number of hydrogen-bond acceptors (Lipinski definition) is 6. The fourth-order valence-corrected chi connectivity index (χ4v) is 3.63. The first-order valence-corrected chi connectivity index (χ1v) is 10.1. The van der Waals surface area contributed by atoms with E-state index in [-0.39, 0.29) is 4.91 Å². The van der Waals surface area contributed by atoms with E-state index in [1.165, 1.54) is 13.2 Å². The second-order valence-electron chi connectivity index (χ2n) is 6.38. The van der Waals surface area contributed by atoms with Gasteiger partial charge < -0.3 is 14.8 Å². The molecule has 1 heterocycles. The van der Waals surface area contributed by atoms with Gasteiger partial charge in [-0.05, 0) is 54.6 Å². The number of nitrogens with zero attached hydrogens (tertiary/aromatic N) is 1. The summed E-state index contributed by atoms with van der Waals surface area (Å²) in [5, 5.41) is 1.31. The van der Waals surface area contributed by atoms with E-state index in [1.54, 1.807) is 18.2 Å². The zero-order valence-electron chi connectivity index (χ0n) is 16.9. The van der Waals surface area contributed by atoms with Gasteiger partial charge in [-0.2, -0.15) is 0 Å². The molecule has 7 nitrogen and oxygen atoms in total. The second kappa shape index (κ2) is 9.77. The number of methoxy groups -OCH3 is 1. The Bertz CT molecular complexity index is 1120. The van der Waals surface area contributed by atoms with Crippen LogP contribution in [0.2, 0.25) is 0 Å². The Hall–Kier alpha value is -3.47. The van der Waals surface area contributed by atoms with E-state index in [1.807, 2.05) is 12.2 Å². The summed E-state index contributed by atoms with van der Waals surface area (Å²) in [5.74, 6) is -5.48. The van der Waals surface area contributed by atoms with Crippen molar-refractivity contribution in [1.82, 2.24) is 4.90 Å². The van der Waals surface area contributed by atoms with Gasteiger partial charge in [0, 0.05) is 0 Å². The van der Waals surface area contributed by atoms with Gasteiger partial charge in [-0.25, -0.2) is 13.2 Å². The molecule has 2 aromatic carbocycles. The number of nitrogens with one attached hydrogen (secondary N) is 1. The van der Waals surface area contributed by atoms with Crippen molar-refractivity contribution in [3.63, 3.8) is 0 Å². The SMILES string of the molecule is CCOc1ccc(/C=C2/SC(=O)N(CC(=O)Nc3ccc(F)c(F)c3F)C2=O)cc1OC. The lowest BCUT2D eigenvalue weighted by Gasteiger charge is -2.13. The summed E-state index contributed by atoms with van der Waals surface area (Å²) in [5.41, 5.74) is -0.0537. The van der Waals surface area contributed by atoms with E-state index in [0.717, 1.165) is 6.07 Å². The molecule has 1 saturated heterocycles. The number of rotatable bonds is 7. The number of carbonyl (C=O) groups excluding carboxylic acids is 3. The van der Waals surface area contributed by atoms with Crippen molar-refractivity contribution in [1.29, 1.82) is 0 Å². The Kier molecular flexibility index (Phi) is 7.08. The van der Waals surface area contributed by atoms with Gasteiger partial charge in [0.2, 0.25) is 5.91 Å². The molecule has 2 aromatic rings. The molecule has 32 heavy (non-hydrogen) atoms. The van der Waals surface area contributed by atoms with E-state index < -0.39 is 46.7 Å². The molecule has 11 heteroatoms. The highest BCUT2D eigenvalue weighted by Gasteiger charge is 2.36. The van der Waals surface area contributed by atoms with Gasteiger partial charge in [0.1, 0.15) is 6.54 Å². The van der Waals surface area contributed by atoms with E-state index in [2.05, 4.69) is 0 Å². The first-order chi connectivity index (χ1) is 15.2. The minimum absolute atomic E-state index is 0.0630. The number of ether oxygens (including phenoxy) is 2. The molecular weight excluding hydrogens is 449 g/mol. The molecule has 0 saturated carbocycles. The van der Waals surface area contributed by atoms with E-state index >= 15 is 0 Å². The Labute approximate surface area is 185 Å². The van der Waals surface area contributed by atoms with E-state index in [9.17, 15) is 27.6 Å². The van der Waals surface area contributed by atoms with Crippen LogP contribution in [0.4, 0.5) is 23.7 Å². The van der Waals surface area contributed by atoms with Gasteiger partial charge in [-0.1, -0.05) is 6.07 Å². The van der Waals surface area contributed by atoms with Crippen molar-refractivity contribution in [2.75, 3.05) is 25.6 Å². The number of amides is 3. The summed E-state index contributed by atoms with van der Waals surface area (Å²) in [7, 11) is 1.46. The van der Waals surface area contributed by atoms with Gasteiger partial charge in [0.05, 0.1) is 24.3 Å². The number of anilines is 1. The normalized spacial score (nSPS) is 14.8. The lowest BCUT2D eigenvalue weighted by Crippen LogP contribution is -2.36. The molecule has 3 rings (SSSR count). The maximum Gasteiger partial charge on any atom is 0.294 e. The molecule has 168 valence electrons. The first-order valence-electron chi connectivity index (χ1n) is 9.24. The zero-order chi connectivity index (χ0) is 23.4. The summed E-state index contributed by atoms with van der Waals surface area (Å²) in [6, 6.07) is 6.42. The van der Waals surface area contributed by atoms with Gasteiger partial charge in [-0.3, -0.25) is 19.3 Å². The number of hydrogen-bond donors (Lipinski definition) is 1. The van der Waals surface area contributed by atoms with Crippen molar-refractivity contribution >= 4 is 40.6 Å². The third kappa shape index (κ3) is 4.88. The quantitative estimate of drug-likeness (QED) is 0.487. The standard InChI is InChI=1S/C21H17F3N2O5S/c1-3-31-14-7-4-11(8-15(14)30-2)9-16-20(28)26(21(29)32-16)10-17(27)25-13-6-5-12(22)18(23)19(13)24/h4-9H,3,10H2,1-2H3,(H,25,27)/b16-9+. The molecule has 1 fully saturated rings. The van der Waals surface area contributed by atoms with Crippen LogP contribution in [-0.4, -0.2) is 42.2 Å².